The van der Waals surface area contributed by atoms with Crippen LogP contribution in [-0.4, -0.2) is 36.8 Å². The Morgan fingerprint density at radius 3 is 2.48 bits per heavy atom. The maximum Gasteiger partial charge on any atom is 0.166 e. The summed E-state index contributed by atoms with van der Waals surface area (Å²) in [5.74, 6) is -3.33. The van der Waals surface area contributed by atoms with Crippen LogP contribution in [0.5, 0.6) is 0 Å². The number of hydrogen-bond donors (Lipinski definition) is 1. The third-order valence-corrected chi connectivity index (χ3v) is 4.43. The highest BCUT2D eigenvalue weighted by molar-refractivity contribution is 5.26. The van der Waals surface area contributed by atoms with E-state index in [1.165, 1.54) is 0 Å². The SMILES string of the molecule is COCCCC[C@](O)(c1cc(F)cc(F)c1F)N1CCCCC1. The van der Waals surface area contributed by atoms with Gasteiger partial charge in [0.2, 0.25) is 0 Å². The van der Waals surface area contributed by atoms with Crippen molar-refractivity contribution in [3.05, 3.63) is 35.1 Å². The molecular weight excluding hydrogens is 307 g/mol. The summed E-state index contributed by atoms with van der Waals surface area (Å²) in [6, 6.07) is 1.41. The summed E-state index contributed by atoms with van der Waals surface area (Å²) < 4.78 is 46.4. The topological polar surface area (TPSA) is 32.7 Å². The van der Waals surface area contributed by atoms with Crippen molar-refractivity contribution in [1.82, 2.24) is 4.90 Å². The highest BCUT2D eigenvalue weighted by Crippen LogP contribution is 2.36. The molecule has 1 aliphatic heterocycles. The van der Waals surface area contributed by atoms with Crippen LogP contribution in [0.3, 0.4) is 0 Å². The van der Waals surface area contributed by atoms with Gasteiger partial charge in [0.25, 0.3) is 0 Å². The molecule has 1 heterocycles. The fourth-order valence-electron chi connectivity index (χ4n) is 3.19. The molecule has 0 amide bonds. The predicted molar refractivity (Wildman–Crippen MR) is 81.4 cm³/mol. The van der Waals surface area contributed by atoms with Gasteiger partial charge in [-0.2, -0.15) is 0 Å². The first kappa shape index (κ1) is 18.2. The van der Waals surface area contributed by atoms with E-state index in [1.54, 1.807) is 12.0 Å². The fourth-order valence-corrected chi connectivity index (χ4v) is 3.19. The molecule has 1 fully saturated rings. The van der Waals surface area contributed by atoms with E-state index >= 15 is 0 Å². The number of methoxy groups -OCH3 is 1. The van der Waals surface area contributed by atoms with Crippen LogP contribution in [-0.2, 0) is 10.5 Å². The van der Waals surface area contributed by atoms with E-state index in [-0.39, 0.29) is 12.0 Å². The normalized spacial score (nSPS) is 18.8. The fraction of sp³-hybridized carbons (Fsp3) is 0.647. The first-order valence-electron chi connectivity index (χ1n) is 8.10. The van der Waals surface area contributed by atoms with Gasteiger partial charge in [-0.1, -0.05) is 6.42 Å². The van der Waals surface area contributed by atoms with Crippen molar-refractivity contribution >= 4 is 0 Å². The number of hydrogen-bond acceptors (Lipinski definition) is 3. The molecule has 1 aliphatic rings. The molecule has 0 saturated carbocycles. The summed E-state index contributed by atoms with van der Waals surface area (Å²) in [7, 11) is 1.58. The van der Waals surface area contributed by atoms with E-state index in [2.05, 4.69) is 0 Å². The maximum atomic E-state index is 14.3. The summed E-state index contributed by atoms with van der Waals surface area (Å²) in [5.41, 5.74) is -2.00. The van der Waals surface area contributed by atoms with E-state index < -0.39 is 23.2 Å². The molecule has 2 rings (SSSR count). The number of rotatable bonds is 7. The summed E-state index contributed by atoms with van der Waals surface area (Å²) in [6.07, 6.45) is 4.25. The minimum atomic E-state index is -1.69. The van der Waals surface area contributed by atoms with Crippen molar-refractivity contribution in [1.29, 1.82) is 0 Å². The molecule has 1 atom stereocenters. The lowest BCUT2D eigenvalue weighted by molar-refractivity contribution is -0.133. The molecular formula is C17H24F3NO2. The van der Waals surface area contributed by atoms with Crippen LogP contribution in [0.2, 0.25) is 0 Å². The van der Waals surface area contributed by atoms with E-state index in [0.717, 1.165) is 25.3 Å². The van der Waals surface area contributed by atoms with E-state index in [1.807, 2.05) is 0 Å². The van der Waals surface area contributed by atoms with Crippen molar-refractivity contribution in [2.45, 2.75) is 44.2 Å². The van der Waals surface area contributed by atoms with Crippen LogP contribution in [0.25, 0.3) is 0 Å². The van der Waals surface area contributed by atoms with Crippen LogP contribution in [0.4, 0.5) is 13.2 Å². The van der Waals surface area contributed by atoms with Gasteiger partial charge in [0.05, 0.1) is 0 Å². The smallest absolute Gasteiger partial charge is 0.166 e. The van der Waals surface area contributed by atoms with Gasteiger partial charge < -0.3 is 9.84 Å². The number of halogens is 3. The quantitative estimate of drug-likeness (QED) is 0.613. The lowest BCUT2D eigenvalue weighted by atomic mass is 9.92. The van der Waals surface area contributed by atoms with Gasteiger partial charge >= 0.3 is 0 Å². The minimum Gasteiger partial charge on any atom is -0.385 e. The third kappa shape index (κ3) is 4.25. The highest BCUT2D eigenvalue weighted by atomic mass is 19.2. The molecule has 0 aliphatic carbocycles. The largest absolute Gasteiger partial charge is 0.385 e. The predicted octanol–water partition coefficient (Wildman–Crippen LogP) is 3.55. The first-order valence-corrected chi connectivity index (χ1v) is 8.10. The number of piperidine rings is 1. The van der Waals surface area contributed by atoms with Gasteiger partial charge in [0.1, 0.15) is 11.5 Å². The van der Waals surface area contributed by atoms with Gasteiger partial charge in [0, 0.05) is 38.4 Å². The molecule has 1 N–H and O–H groups in total. The molecule has 6 heteroatoms. The van der Waals surface area contributed by atoms with Crippen molar-refractivity contribution in [2.75, 3.05) is 26.8 Å². The Hall–Kier alpha value is -1.11. The molecule has 130 valence electrons. The summed E-state index contributed by atoms with van der Waals surface area (Å²) in [6.45, 7) is 1.69. The average Bonchev–Trinajstić information content (AvgIpc) is 2.55. The zero-order chi connectivity index (χ0) is 16.9. The van der Waals surface area contributed by atoms with Gasteiger partial charge in [0.15, 0.2) is 11.6 Å². The standard InChI is InChI=1S/C17H24F3NO2/c1-23-10-6-3-7-17(22,21-8-4-2-5-9-21)14-11-13(18)12-15(19)16(14)20/h11-12,22H,2-10H2,1H3/t17-/m0/s1. The van der Waals surface area contributed by atoms with Crippen molar-refractivity contribution in [3.8, 4) is 0 Å². The lowest BCUT2D eigenvalue weighted by Crippen LogP contribution is -2.49. The molecule has 0 unspecified atom stereocenters. The van der Waals surface area contributed by atoms with E-state index in [0.29, 0.717) is 38.6 Å². The Labute approximate surface area is 135 Å². The molecule has 0 aromatic heterocycles. The van der Waals surface area contributed by atoms with Crippen LogP contribution in [0.1, 0.15) is 44.1 Å². The maximum absolute atomic E-state index is 14.3. The van der Waals surface area contributed by atoms with Crippen molar-refractivity contribution in [3.63, 3.8) is 0 Å². The number of unbranched alkanes of at least 4 members (excludes halogenated alkanes) is 1. The molecule has 0 spiro atoms. The molecule has 1 saturated heterocycles. The molecule has 1 aromatic rings. The zero-order valence-electron chi connectivity index (χ0n) is 13.5. The Morgan fingerprint density at radius 2 is 1.83 bits per heavy atom. The van der Waals surface area contributed by atoms with Gasteiger partial charge in [-0.25, -0.2) is 13.2 Å². The molecule has 1 aromatic carbocycles. The van der Waals surface area contributed by atoms with Gasteiger partial charge in [-0.3, -0.25) is 4.90 Å². The zero-order valence-corrected chi connectivity index (χ0v) is 13.5. The number of likely N-dealkylation sites (tertiary alicyclic amines) is 1. The second-order valence-electron chi connectivity index (χ2n) is 6.06. The van der Waals surface area contributed by atoms with Crippen molar-refractivity contribution in [2.24, 2.45) is 0 Å². The monoisotopic (exact) mass is 331 g/mol. The second kappa shape index (κ2) is 8.13. The Bertz CT molecular complexity index is 521. The summed E-state index contributed by atoms with van der Waals surface area (Å²) in [4.78, 5) is 1.74. The summed E-state index contributed by atoms with van der Waals surface area (Å²) in [5, 5.41) is 11.1. The number of ether oxygens (including phenoxy) is 1. The minimum absolute atomic E-state index is 0.205. The van der Waals surface area contributed by atoms with Crippen LogP contribution < -0.4 is 0 Å². The Kier molecular flexibility index (Phi) is 6.44. The number of aliphatic hydroxyl groups is 1. The third-order valence-electron chi connectivity index (χ3n) is 4.43. The van der Waals surface area contributed by atoms with Crippen LogP contribution in [0.15, 0.2) is 12.1 Å². The molecule has 23 heavy (non-hydrogen) atoms. The molecule has 0 radical (unpaired) electrons. The van der Waals surface area contributed by atoms with Gasteiger partial charge in [-0.15, -0.1) is 0 Å². The highest BCUT2D eigenvalue weighted by Gasteiger charge is 2.39. The first-order chi connectivity index (χ1) is 11.0. The van der Waals surface area contributed by atoms with E-state index in [4.69, 9.17) is 4.74 Å². The Balaban J connectivity index is 2.32. The summed E-state index contributed by atoms with van der Waals surface area (Å²) >= 11 is 0. The molecule has 3 nitrogen and oxygen atoms in total. The number of nitrogens with zero attached hydrogens (tertiary/aromatic N) is 1. The lowest BCUT2D eigenvalue weighted by Gasteiger charge is -2.42. The molecule has 0 bridgehead atoms. The van der Waals surface area contributed by atoms with Crippen LogP contribution >= 0.6 is 0 Å². The number of benzene rings is 1. The van der Waals surface area contributed by atoms with Crippen molar-refractivity contribution < 1.29 is 23.0 Å². The second-order valence-corrected chi connectivity index (χ2v) is 6.06. The Morgan fingerprint density at radius 1 is 1.13 bits per heavy atom. The van der Waals surface area contributed by atoms with E-state index in [9.17, 15) is 18.3 Å². The average molecular weight is 331 g/mol. The van der Waals surface area contributed by atoms with Gasteiger partial charge in [-0.05, 0) is 38.2 Å². The van der Waals surface area contributed by atoms with Crippen LogP contribution in [0, 0.1) is 17.5 Å².